The Bertz CT molecular complexity index is 1120. The molecular weight excluding hydrogens is 400 g/mol. The zero-order chi connectivity index (χ0) is 22.0. The number of carbonyl (C=O) groups excluding carboxylic acids is 3. The van der Waals surface area contributed by atoms with E-state index in [1.165, 1.54) is 11.8 Å². The number of hydrogen-bond acceptors (Lipinski definition) is 6. The van der Waals surface area contributed by atoms with Gasteiger partial charge in [0.15, 0.2) is 0 Å². The van der Waals surface area contributed by atoms with Crippen LogP contribution in [-0.4, -0.2) is 51.5 Å². The summed E-state index contributed by atoms with van der Waals surface area (Å²) < 4.78 is 10.4. The Morgan fingerprint density at radius 3 is 2.87 bits per heavy atom. The van der Waals surface area contributed by atoms with Gasteiger partial charge in [-0.15, -0.1) is 0 Å². The summed E-state index contributed by atoms with van der Waals surface area (Å²) in [5.74, 6) is -0.584. The van der Waals surface area contributed by atoms with Gasteiger partial charge in [0.25, 0.3) is 0 Å². The molecule has 1 aliphatic rings. The fourth-order valence-corrected chi connectivity index (χ4v) is 3.97. The van der Waals surface area contributed by atoms with Crippen molar-refractivity contribution in [3.63, 3.8) is 0 Å². The second-order valence-corrected chi connectivity index (χ2v) is 7.72. The molecule has 9 heteroatoms. The number of benzene rings is 1. The van der Waals surface area contributed by atoms with Gasteiger partial charge in [-0.3, -0.25) is 14.4 Å². The highest BCUT2D eigenvalue weighted by Gasteiger charge is 2.41. The van der Waals surface area contributed by atoms with E-state index in [4.69, 9.17) is 9.26 Å². The average molecular weight is 424 g/mol. The number of hydrogen-bond donors (Lipinski definition) is 2. The second-order valence-electron chi connectivity index (χ2n) is 7.72. The number of aromatic amines is 1. The van der Waals surface area contributed by atoms with Crippen LogP contribution in [0.3, 0.4) is 0 Å². The summed E-state index contributed by atoms with van der Waals surface area (Å²) in [6.07, 6.45) is 1.57. The van der Waals surface area contributed by atoms with Gasteiger partial charge in [-0.05, 0) is 18.6 Å². The molecule has 1 saturated heterocycles. The van der Waals surface area contributed by atoms with Gasteiger partial charge in [0.2, 0.25) is 11.8 Å². The molecule has 0 unspecified atom stereocenters. The molecule has 1 aliphatic heterocycles. The third-order valence-electron chi connectivity index (χ3n) is 5.35. The zero-order valence-corrected chi connectivity index (χ0v) is 17.4. The Morgan fingerprint density at radius 2 is 2.13 bits per heavy atom. The smallest absolute Gasteiger partial charge is 0.302 e. The summed E-state index contributed by atoms with van der Waals surface area (Å²) in [5, 5.41) is 7.74. The van der Waals surface area contributed by atoms with Crippen LogP contribution in [0.25, 0.3) is 10.9 Å². The number of H-pyrrole nitrogens is 1. The van der Waals surface area contributed by atoms with Crippen LogP contribution >= 0.6 is 0 Å². The third kappa shape index (κ3) is 4.60. The number of amides is 2. The van der Waals surface area contributed by atoms with Crippen molar-refractivity contribution in [3.05, 3.63) is 53.5 Å². The molecule has 2 atom stereocenters. The lowest BCUT2D eigenvalue weighted by molar-refractivity contribution is -0.146. The van der Waals surface area contributed by atoms with E-state index in [1.54, 1.807) is 13.0 Å². The number of nitrogens with one attached hydrogen (secondary N) is 2. The van der Waals surface area contributed by atoms with E-state index in [1.807, 2.05) is 30.5 Å². The first kappa shape index (κ1) is 20.6. The van der Waals surface area contributed by atoms with Crippen molar-refractivity contribution in [2.45, 2.75) is 45.4 Å². The van der Waals surface area contributed by atoms with Crippen LogP contribution in [0.4, 0.5) is 0 Å². The van der Waals surface area contributed by atoms with Gasteiger partial charge in [0, 0.05) is 43.1 Å². The Balaban J connectivity index is 1.46. The molecule has 0 radical (unpaired) electrons. The lowest BCUT2D eigenvalue weighted by atomic mass is 10.1. The number of rotatable bonds is 6. The summed E-state index contributed by atoms with van der Waals surface area (Å²) in [6, 6.07) is 8.78. The summed E-state index contributed by atoms with van der Waals surface area (Å²) in [4.78, 5) is 41.9. The van der Waals surface area contributed by atoms with Crippen molar-refractivity contribution in [1.29, 1.82) is 0 Å². The number of aromatic nitrogens is 2. The minimum absolute atomic E-state index is 0.0140. The minimum atomic E-state index is -0.730. The van der Waals surface area contributed by atoms with Crippen LogP contribution in [0.5, 0.6) is 0 Å². The van der Waals surface area contributed by atoms with Gasteiger partial charge in [-0.2, -0.15) is 0 Å². The van der Waals surface area contributed by atoms with Crippen molar-refractivity contribution in [2.24, 2.45) is 0 Å². The molecule has 3 heterocycles. The molecule has 4 rings (SSSR count). The topological polar surface area (TPSA) is 118 Å². The van der Waals surface area contributed by atoms with Crippen molar-refractivity contribution in [1.82, 2.24) is 20.4 Å². The van der Waals surface area contributed by atoms with Gasteiger partial charge in [-0.1, -0.05) is 23.4 Å². The van der Waals surface area contributed by atoms with Crippen molar-refractivity contribution in [3.8, 4) is 0 Å². The maximum absolute atomic E-state index is 13.0. The quantitative estimate of drug-likeness (QED) is 0.583. The van der Waals surface area contributed by atoms with E-state index in [2.05, 4.69) is 15.5 Å². The Morgan fingerprint density at radius 1 is 1.32 bits per heavy atom. The first-order valence-electron chi connectivity index (χ1n) is 10.1. The first-order chi connectivity index (χ1) is 14.9. The number of fused-ring (bicyclic) bond motifs is 1. The number of nitrogens with zero attached hydrogens (tertiary/aromatic N) is 2. The monoisotopic (exact) mass is 424 g/mol. The molecule has 9 nitrogen and oxygen atoms in total. The highest BCUT2D eigenvalue weighted by atomic mass is 16.5. The van der Waals surface area contributed by atoms with Gasteiger partial charge in [0.1, 0.15) is 17.9 Å². The lowest BCUT2D eigenvalue weighted by Gasteiger charge is -2.23. The zero-order valence-electron chi connectivity index (χ0n) is 17.4. The molecule has 0 aliphatic carbocycles. The fourth-order valence-electron chi connectivity index (χ4n) is 3.97. The summed E-state index contributed by atoms with van der Waals surface area (Å²) in [6.45, 7) is 3.57. The second kappa shape index (κ2) is 8.63. The Hall–Kier alpha value is -3.62. The summed E-state index contributed by atoms with van der Waals surface area (Å²) in [7, 11) is 0. The van der Waals surface area contributed by atoms with Gasteiger partial charge in [0.05, 0.1) is 18.7 Å². The molecular formula is C22H24N4O5. The molecule has 2 amide bonds. The number of ether oxygens (including phenoxy) is 1. The van der Waals surface area contributed by atoms with E-state index >= 15 is 0 Å². The Labute approximate surface area is 178 Å². The molecule has 2 N–H and O–H groups in total. The normalized spacial score (nSPS) is 18.3. The molecule has 0 bridgehead atoms. The van der Waals surface area contributed by atoms with Crippen molar-refractivity contribution in [2.75, 3.05) is 6.54 Å². The SMILES string of the molecule is CC(=O)O[C@@H]1C[C@@H](C(=O)NCc2c[nH]c3ccccc23)N(C(=O)Cc2cc(C)no2)C1. The number of para-hydroxylation sites is 1. The van der Waals surface area contributed by atoms with Gasteiger partial charge < -0.3 is 24.5 Å². The molecule has 0 saturated carbocycles. The number of carbonyl (C=O) groups is 3. The summed E-state index contributed by atoms with van der Waals surface area (Å²) in [5.41, 5.74) is 2.62. The third-order valence-corrected chi connectivity index (χ3v) is 5.35. The molecule has 1 aromatic carbocycles. The van der Waals surface area contributed by atoms with E-state index in [9.17, 15) is 14.4 Å². The van der Waals surface area contributed by atoms with Crippen LogP contribution in [0.2, 0.25) is 0 Å². The maximum Gasteiger partial charge on any atom is 0.302 e. The first-order valence-corrected chi connectivity index (χ1v) is 10.1. The molecule has 0 spiro atoms. The predicted octanol–water partition coefficient (Wildman–Crippen LogP) is 1.86. The molecule has 2 aromatic heterocycles. The molecule has 1 fully saturated rings. The van der Waals surface area contributed by atoms with Crippen LogP contribution in [0, 0.1) is 6.92 Å². The minimum Gasteiger partial charge on any atom is -0.461 e. The highest BCUT2D eigenvalue weighted by Crippen LogP contribution is 2.23. The van der Waals surface area contributed by atoms with Crippen LogP contribution < -0.4 is 5.32 Å². The summed E-state index contributed by atoms with van der Waals surface area (Å²) >= 11 is 0. The molecule has 162 valence electrons. The van der Waals surface area contributed by atoms with E-state index in [0.717, 1.165) is 16.5 Å². The standard InChI is InChI=1S/C22H24N4O5/c1-13-7-16(31-25-13)9-21(28)26-12-17(30-14(2)27)8-20(26)22(29)24-11-15-10-23-19-6-4-3-5-18(15)19/h3-7,10,17,20,23H,8-9,11-12H2,1-2H3,(H,24,29)/t17-,20+/m1/s1. The largest absolute Gasteiger partial charge is 0.461 e. The number of esters is 1. The Kier molecular flexibility index (Phi) is 5.75. The van der Waals surface area contributed by atoms with Crippen LogP contribution in [0.1, 0.15) is 30.4 Å². The number of aryl methyl sites for hydroxylation is 1. The molecule has 3 aromatic rings. The van der Waals surface area contributed by atoms with Gasteiger partial charge in [-0.25, -0.2) is 0 Å². The highest BCUT2D eigenvalue weighted by molar-refractivity contribution is 5.90. The van der Waals surface area contributed by atoms with E-state index in [0.29, 0.717) is 18.0 Å². The number of likely N-dealkylation sites (tertiary alicyclic amines) is 1. The van der Waals surface area contributed by atoms with Crippen LogP contribution in [-0.2, 0) is 32.1 Å². The predicted molar refractivity (Wildman–Crippen MR) is 111 cm³/mol. The fraction of sp³-hybridized carbons (Fsp3) is 0.364. The van der Waals surface area contributed by atoms with E-state index in [-0.39, 0.29) is 31.2 Å². The van der Waals surface area contributed by atoms with E-state index < -0.39 is 18.1 Å². The van der Waals surface area contributed by atoms with Gasteiger partial charge >= 0.3 is 5.97 Å². The van der Waals surface area contributed by atoms with Crippen molar-refractivity contribution < 1.29 is 23.6 Å². The molecule has 31 heavy (non-hydrogen) atoms. The van der Waals surface area contributed by atoms with Crippen molar-refractivity contribution >= 4 is 28.7 Å². The lowest BCUT2D eigenvalue weighted by Crippen LogP contribution is -2.46. The van der Waals surface area contributed by atoms with Crippen LogP contribution in [0.15, 0.2) is 41.1 Å². The maximum atomic E-state index is 13.0. The average Bonchev–Trinajstić information content (AvgIpc) is 3.44.